The average Bonchev–Trinajstić information content (AvgIpc) is 2.72. The minimum atomic E-state index is -0.297. The monoisotopic (exact) mass is 247 g/mol. The van der Waals surface area contributed by atoms with Crippen molar-refractivity contribution in [3.8, 4) is 11.4 Å². The third kappa shape index (κ3) is 1.87. The van der Waals surface area contributed by atoms with Crippen LogP contribution in [0.2, 0.25) is 5.15 Å². The number of H-pyrrole nitrogens is 1. The second-order valence-electron chi connectivity index (χ2n) is 3.60. The predicted octanol–water partition coefficient (Wildman–Crippen LogP) is 3.42. The van der Waals surface area contributed by atoms with E-state index >= 15 is 0 Å². The highest BCUT2D eigenvalue weighted by molar-refractivity contribution is 6.29. The average molecular weight is 248 g/mol. The van der Waals surface area contributed by atoms with Crippen molar-refractivity contribution in [3.05, 3.63) is 47.4 Å². The molecule has 0 saturated carbocycles. The molecule has 0 aliphatic heterocycles. The van der Waals surface area contributed by atoms with Crippen LogP contribution < -0.4 is 0 Å². The Balaban J connectivity index is 2.18. The van der Waals surface area contributed by atoms with E-state index in [0.717, 1.165) is 5.52 Å². The summed E-state index contributed by atoms with van der Waals surface area (Å²) in [5.74, 6) is 0.281. The molecule has 17 heavy (non-hydrogen) atoms. The van der Waals surface area contributed by atoms with Gasteiger partial charge in [0.25, 0.3) is 0 Å². The topological polar surface area (TPSA) is 41.6 Å². The van der Waals surface area contributed by atoms with Gasteiger partial charge in [-0.3, -0.25) is 0 Å². The van der Waals surface area contributed by atoms with Crippen LogP contribution in [0.25, 0.3) is 22.6 Å². The van der Waals surface area contributed by atoms with Gasteiger partial charge in [0.15, 0.2) is 5.65 Å². The quantitative estimate of drug-likeness (QED) is 0.670. The Morgan fingerprint density at radius 3 is 2.82 bits per heavy atom. The molecule has 84 valence electrons. The Hall–Kier alpha value is -1.94. The van der Waals surface area contributed by atoms with E-state index in [-0.39, 0.29) is 5.82 Å². The van der Waals surface area contributed by atoms with Crippen LogP contribution in [0, 0.1) is 5.82 Å². The number of imidazole rings is 1. The Kier molecular flexibility index (Phi) is 2.30. The first-order valence-corrected chi connectivity index (χ1v) is 5.38. The van der Waals surface area contributed by atoms with E-state index in [1.54, 1.807) is 24.3 Å². The second kappa shape index (κ2) is 3.82. The van der Waals surface area contributed by atoms with E-state index in [2.05, 4.69) is 15.0 Å². The summed E-state index contributed by atoms with van der Waals surface area (Å²) in [4.78, 5) is 11.4. The van der Waals surface area contributed by atoms with Crippen LogP contribution in [0.5, 0.6) is 0 Å². The molecular formula is C12H7ClFN3. The van der Waals surface area contributed by atoms with Crippen LogP contribution in [0.3, 0.4) is 0 Å². The zero-order valence-corrected chi connectivity index (χ0v) is 9.37. The number of hydrogen-bond acceptors (Lipinski definition) is 2. The highest BCUT2D eigenvalue weighted by Crippen LogP contribution is 2.21. The first-order valence-electron chi connectivity index (χ1n) is 5.00. The largest absolute Gasteiger partial charge is 0.337 e. The standard InChI is InChI=1S/C12H7ClFN3/c13-10-5-4-9-12(16-10)17-11(15-9)7-2-1-3-8(14)6-7/h1-6H,(H,15,16,17). The molecule has 5 heteroatoms. The van der Waals surface area contributed by atoms with E-state index in [0.29, 0.717) is 22.2 Å². The van der Waals surface area contributed by atoms with Crippen molar-refractivity contribution < 1.29 is 4.39 Å². The number of fused-ring (bicyclic) bond motifs is 1. The SMILES string of the molecule is Fc1cccc(-c2nc3nc(Cl)ccc3[nH]2)c1. The van der Waals surface area contributed by atoms with Gasteiger partial charge < -0.3 is 4.98 Å². The third-order valence-electron chi connectivity index (χ3n) is 2.41. The number of benzene rings is 1. The van der Waals surface area contributed by atoms with Gasteiger partial charge in [-0.2, -0.15) is 0 Å². The summed E-state index contributed by atoms with van der Waals surface area (Å²) in [6.07, 6.45) is 0. The summed E-state index contributed by atoms with van der Waals surface area (Å²) < 4.78 is 13.1. The number of aromatic nitrogens is 3. The molecule has 3 rings (SSSR count). The van der Waals surface area contributed by atoms with E-state index in [4.69, 9.17) is 11.6 Å². The Labute approximate surface area is 101 Å². The van der Waals surface area contributed by atoms with Gasteiger partial charge in [-0.15, -0.1) is 0 Å². The highest BCUT2D eigenvalue weighted by atomic mass is 35.5. The molecule has 3 aromatic rings. The molecule has 2 heterocycles. The summed E-state index contributed by atoms with van der Waals surface area (Å²) in [6, 6.07) is 9.69. The fraction of sp³-hybridized carbons (Fsp3) is 0. The van der Waals surface area contributed by atoms with Crippen LogP contribution in [-0.4, -0.2) is 15.0 Å². The number of nitrogens with zero attached hydrogens (tertiary/aromatic N) is 2. The van der Waals surface area contributed by atoms with Gasteiger partial charge in [0.1, 0.15) is 16.8 Å². The summed E-state index contributed by atoms with van der Waals surface area (Å²) >= 11 is 5.77. The summed E-state index contributed by atoms with van der Waals surface area (Å²) in [5.41, 5.74) is 1.98. The van der Waals surface area contributed by atoms with Crippen LogP contribution in [0.4, 0.5) is 4.39 Å². The molecular weight excluding hydrogens is 241 g/mol. The molecule has 0 amide bonds. The smallest absolute Gasteiger partial charge is 0.179 e. The van der Waals surface area contributed by atoms with Crippen molar-refractivity contribution in [2.45, 2.75) is 0 Å². The van der Waals surface area contributed by atoms with Crippen molar-refractivity contribution in [1.29, 1.82) is 0 Å². The van der Waals surface area contributed by atoms with Gasteiger partial charge in [-0.25, -0.2) is 14.4 Å². The van der Waals surface area contributed by atoms with Crippen LogP contribution in [0.1, 0.15) is 0 Å². The zero-order chi connectivity index (χ0) is 11.8. The van der Waals surface area contributed by atoms with Crippen molar-refractivity contribution >= 4 is 22.8 Å². The van der Waals surface area contributed by atoms with E-state index in [1.165, 1.54) is 12.1 Å². The number of nitrogens with one attached hydrogen (secondary N) is 1. The second-order valence-corrected chi connectivity index (χ2v) is 3.99. The fourth-order valence-corrected chi connectivity index (χ4v) is 1.79. The van der Waals surface area contributed by atoms with Gasteiger partial charge in [0.2, 0.25) is 0 Å². The molecule has 1 N–H and O–H groups in total. The van der Waals surface area contributed by atoms with Gasteiger partial charge in [0, 0.05) is 5.56 Å². The lowest BCUT2D eigenvalue weighted by molar-refractivity contribution is 0.628. The molecule has 1 aromatic carbocycles. The van der Waals surface area contributed by atoms with Gasteiger partial charge in [0.05, 0.1) is 5.52 Å². The first kappa shape index (κ1) is 10.2. The van der Waals surface area contributed by atoms with Crippen molar-refractivity contribution in [2.75, 3.05) is 0 Å². The predicted molar refractivity (Wildman–Crippen MR) is 64.3 cm³/mol. The zero-order valence-electron chi connectivity index (χ0n) is 8.61. The first-order chi connectivity index (χ1) is 8.22. The lowest BCUT2D eigenvalue weighted by atomic mass is 10.2. The molecule has 0 saturated heterocycles. The van der Waals surface area contributed by atoms with Gasteiger partial charge in [-0.05, 0) is 24.3 Å². The minimum Gasteiger partial charge on any atom is -0.337 e. The van der Waals surface area contributed by atoms with Crippen molar-refractivity contribution in [1.82, 2.24) is 15.0 Å². The maximum Gasteiger partial charge on any atom is 0.179 e. The van der Waals surface area contributed by atoms with Crippen LogP contribution >= 0.6 is 11.6 Å². The summed E-state index contributed by atoms with van der Waals surface area (Å²) in [6.45, 7) is 0. The Morgan fingerprint density at radius 2 is 2.00 bits per heavy atom. The number of pyridine rings is 1. The normalized spacial score (nSPS) is 10.9. The molecule has 0 spiro atoms. The van der Waals surface area contributed by atoms with Crippen molar-refractivity contribution in [2.24, 2.45) is 0 Å². The maximum absolute atomic E-state index is 13.1. The lowest BCUT2D eigenvalue weighted by Gasteiger charge is -1.95. The Bertz CT molecular complexity index is 693. The molecule has 0 atom stereocenters. The molecule has 3 nitrogen and oxygen atoms in total. The number of halogens is 2. The minimum absolute atomic E-state index is 0.297. The molecule has 0 bridgehead atoms. The van der Waals surface area contributed by atoms with Gasteiger partial charge >= 0.3 is 0 Å². The van der Waals surface area contributed by atoms with Crippen molar-refractivity contribution in [3.63, 3.8) is 0 Å². The van der Waals surface area contributed by atoms with Crippen LogP contribution in [-0.2, 0) is 0 Å². The molecule has 0 fully saturated rings. The molecule has 0 aliphatic carbocycles. The molecule has 0 aliphatic rings. The summed E-state index contributed by atoms with van der Waals surface area (Å²) in [7, 11) is 0. The number of hydrogen-bond donors (Lipinski definition) is 1. The van der Waals surface area contributed by atoms with Crippen LogP contribution in [0.15, 0.2) is 36.4 Å². The maximum atomic E-state index is 13.1. The van der Waals surface area contributed by atoms with E-state index in [1.807, 2.05) is 0 Å². The fourth-order valence-electron chi connectivity index (χ4n) is 1.64. The van der Waals surface area contributed by atoms with E-state index in [9.17, 15) is 4.39 Å². The molecule has 2 aromatic heterocycles. The van der Waals surface area contributed by atoms with Gasteiger partial charge in [-0.1, -0.05) is 23.7 Å². The lowest BCUT2D eigenvalue weighted by Crippen LogP contribution is -1.81. The molecule has 0 unspecified atom stereocenters. The molecule has 0 radical (unpaired) electrons. The highest BCUT2D eigenvalue weighted by Gasteiger charge is 2.07. The Morgan fingerprint density at radius 1 is 1.12 bits per heavy atom. The van der Waals surface area contributed by atoms with E-state index < -0.39 is 0 Å². The number of aromatic amines is 1. The number of rotatable bonds is 1. The summed E-state index contributed by atoms with van der Waals surface area (Å²) in [5, 5.41) is 0.384. The third-order valence-corrected chi connectivity index (χ3v) is 2.62.